The number of carbonyl (C=O) groups excluding carboxylic acids is 3. The van der Waals surface area contributed by atoms with Crippen molar-refractivity contribution in [2.45, 2.75) is 50.5 Å². The lowest BCUT2D eigenvalue weighted by molar-refractivity contribution is -0.136. The molecule has 1 aromatic rings. The van der Waals surface area contributed by atoms with E-state index in [0.717, 1.165) is 15.6 Å². The van der Waals surface area contributed by atoms with Crippen LogP contribution in [-0.4, -0.2) is 61.6 Å². The molecule has 3 rings (SSSR count). The normalized spacial score (nSPS) is 25.7. The minimum Gasteiger partial charge on any atom is -0.323 e. The van der Waals surface area contributed by atoms with Gasteiger partial charge in [-0.1, -0.05) is 32.9 Å². The van der Waals surface area contributed by atoms with Crippen LogP contribution in [0.3, 0.4) is 0 Å². The Bertz CT molecular complexity index is 1020. The molecule has 2 aliphatic rings. The molecular formula is C21H30N4O5S. The number of nitrogens with one attached hydrogen (secondary N) is 2. The highest BCUT2D eigenvalue weighted by atomic mass is 32.2. The van der Waals surface area contributed by atoms with Crippen molar-refractivity contribution in [1.82, 2.24) is 14.5 Å². The molecule has 2 fully saturated rings. The fraction of sp³-hybridized carbons (Fsp3) is 0.571. The first-order valence-electron chi connectivity index (χ1n) is 10.2. The highest BCUT2D eigenvalue weighted by molar-refractivity contribution is 7.89. The number of benzene rings is 1. The molecule has 4 amide bonds. The molecule has 170 valence electrons. The molecule has 0 radical (unpaired) electrons. The standard InChI is InChI=1S/C21H30N4O5S/c1-14-10-20(2,3)13-21(11-14)18(27)25(19(28)23-21)12-17(26)22-15-8-6-7-9-16(15)31(29,30)24(4)5/h6-9,14H,10-13H2,1-5H3,(H,22,26)(H,23,28). The summed E-state index contributed by atoms with van der Waals surface area (Å²) in [4.78, 5) is 39.3. The Hall–Kier alpha value is -2.46. The summed E-state index contributed by atoms with van der Waals surface area (Å²) in [6.07, 6.45) is 2.00. The molecule has 1 saturated carbocycles. The molecule has 1 aromatic carbocycles. The first kappa shape index (κ1) is 23.2. The van der Waals surface area contributed by atoms with Gasteiger partial charge >= 0.3 is 6.03 Å². The number of imide groups is 1. The first-order valence-corrected chi connectivity index (χ1v) is 11.7. The third kappa shape index (κ3) is 4.45. The van der Waals surface area contributed by atoms with Gasteiger partial charge in [-0.05, 0) is 42.7 Å². The largest absolute Gasteiger partial charge is 0.325 e. The van der Waals surface area contributed by atoms with Gasteiger partial charge in [0.05, 0.1) is 5.69 Å². The maximum atomic E-state index is 13.2. The van der Waals surface area contributed by atoms with Gasteiger partial charge < -0.3 is 10.6 Å². The number of urea groups is 1. The second-order valence-corrected chi connectivity index (χ2v) is 11.7. The third-order valence-corrected chi connectivity index (χ3v) is 7.72. The minimum absolute atomic E-state index is 0.0649. The quantitative estimate of drug-likeness (QED) is 0.666. The number of amides is 4. The van der Waals surface area contributed by atoms with Crippen LogP contribution in [0.2, 0.25) is 0 Å². The first-order chi connectivity index (χ1) is 14.3. The number of sulfonamides is 1. The lowest BCUT2D eigenvalue weighted by Crippen LogP contribution is -2.54. The number of hydrogen-bond donors (Lipinski definition) is 2. The Morgan fingerprint density at radius 1 is 1.23 bits per heavy atom. The molecular weight excluding hydrogens is 420 g/mol. The molecule has 1 heterocycles. The number of rotatable bonds is 5. The van der Waals surface area contributed by atoms with Gasteiger partial charge in [0.2, 0.25) is 15.9 Å². The van der Waals surface area contributed by atoms with Crippen LogP contribution in [0.15, 0.2) is 29.2 Å². The molecule has 9 nitrogen and oxygen atoms in total. The summed E-state index contributed by atoms with van der Waals surface area (Å²) in [5, 5.41) is 5.37. The van der Waals surface area contributed by atoms with Gasteiger partial charge in [0, 0.05) is 14.1 Å². The average molecular weight is 451 g/mol. The van der Waals surface area contributed by atoms with E-state index in [-0.39, 0.29) is 21.9 Å². The van der Waals surface area contributed by atoms with E-state index in [4.69, 9.17) is 0 Å². The zero-order valence-corrected chi connectivity index (χ0v) is 19.4. The fourth-order valence-electron chi connectivity index (χ4n) is 4.97. The lowest BCUT2D eigenvalue weighted by atomic mass is 9.64. The van der Waals surface area contributed by atoms with E-state index in [2.05, 4.69) is 31.4 Å². The summed E-state index contributed by atoms with van der Waals surface area (Å²) in [6.45, 7) is 5.71. The van der Waals surface area contributed by atoms with Crippen LogP contribution in [0.4, 0.5) is 10.5 Å². The van der Waals surface area contributed by atoms with Crippen molar-refractivity contribution in [3.63, 3.8) is 0 Å². The molecule has 1 aliphatic carbocycles. The van der Waals surface area contributed by atoms with E-state index in [9.17, 15) is 22.8 Å². The van der Waals surface area contributed by atoms with Gasteiger partial charge in [-0.3, -0.25) is 14.5 Å². The summed E-state index contributed by atoms with van der Waals surface area (Å²) < 4.78 is 26.1. The SMILES string of the molecule is CC1CC(C)(C)CC2(C1)NC(=O)N(CC(=O)Nc1ccccc1S(=O)(=O)N(C)C)C2=O. The second kappa shape index (κ2) is 7.90. The molecule has 2 N–H and O–H groups in total. The Kier molecular flexibility index (Phi) is 5.92. The molecule has 10 heteroatoms. The van der Waals surface area contributed by atoms with Crippen molar-refractivity contribution in [1.29, 1.82) is 0 Å². The number of nitrogens with zero attached hydrogens (tertiary/aromatic N) is 2. The van der Waals surface area contributed by atoms with Gasteiger partial charge in [0.25, 0.3) is 5.91 Å². The maximum absolute atomic E-state index is 13.2. The van der Waals surface area contributed by atoms with Crippen molar-refractivity contribution in [3.8, 4) is 0 Å². The number of hydrogen-bond acceptors (Lipinski definition) is 5. The molecule has 1 spiro atoms. The molecule has 1 aliphatic heterocycles. The van der Waals surface area contributed by atoms with Crippen LogP contribution in [0.5, 0.6) is 0 Å². The highest BCUT2D eigenvalue weighted by Crippen LogP contribution is 2.46. The number of para-hydroxylation sites is 1. The Balaban J connectivity index is 1.78. The van der Waals surface area contributed by atoms with Crippen LogP contribution in [0.1, 0.15) is 40.0 Å². The van der Waals surface area contributed by atoms with Crippen LogP contribution in [0.25, 0.3) is 0 Å². The van der Waals surface area contributed by atoms with Crippen LogP contribution < -0.4 is 10.6 Å². The molecule has 31 heavy (non-hydrogen) atoms. The third-order valence-electron chi connectivity index (χ3n) is 5.85. The Morgan fingerprint density at radius 2 is 1.87 bits per heavy atom. The Morgan fingerprint density at radius 3 is 2.48 bits per heavy atom. The molecule has 1 saturated heterocycles. The summed E-state index contributed by atoms with van der Waals surface area (Å²) in [6, 6.07) is 5.41. The van der Waals surface area contributed by atoms with E-state index in [0.29, 0.717) is 12.8 Å². The van der Waals surface area contributed by atoms with Crippen LogP contribution >= 0.6 is 0 Å². The zero-order chi connectivity index (χ0) is 23.2. The molecule has 2 atom stereocenters. The van der Waals surface area contributed by atoms with Crippen LogP contribution in [-0.2, 0) is 19.6 Å². The van der Waals surface area contributed by atoms with Gasteiger partial charge in [-0.25, -0.2) is 17.5 Å². The minimum atomic E-state index is -3.78. The van der Waals surface area contributed by atoms with Crippen molar-refractivity contribution >= 4 is 33.6 Å². The second-order valence-electron chi connectivity index (χ2n) is 9.59. The highest BCUT2D eigenvalue weighted by Gasteiger charge is 2.56. The van der Waals surface area contributed by atoms with Crippen molar-refractivity contribution in [3.05, 3.63) is 24.3 Å². The van der Waals surface area contributed by atoms with Gasteiger partial charge in [0.15, 0.2) is 0 Å². The van der Waals surface area contributed by atoms with Crippen molar-refractivity contribution in [2.24, 2.45) is 11.3 Å². The fourth-order valence-corrected chi connectivity index (χ4v) is 6.02. The summed E-state index contributed by atoms with van der Waals surface area (Å²) in [5.74, 6) is -0.795. The predicted octanol–water partition coefficient (Wildman–Crippen LogP) is 2.01. The molecule has 0 aromatic heterocycles. The van der Waals surface area contributed by atoms with Gasteiger partial charge in [-0.15, -0.1) is 0 Å². The summed E-state index contributed by atoms with van der Waals surface area (Å²) in [5.41, 5.74) is -1.02. The Labute approximate surface area is 183 Å². The number of anilines is 1. The summed E-state index contributed by atoms with van der Waals surface area (Å²) >= 11 is 0. The van der Waals surface area contributed by atoms with Crippen molar-refractivity contribution < 1.29 is 22.8 Å². The maximum Gasteiger partial charge on any atom is 0.325 e. The smallest absolute Gasteiger partial charge is 0.323 e. The van der Waals surface area contributed by atoms with E-state index < -0.39 is 40.0 Å². The molecule has 0 bridgehead atoms. The number of carbonyl (C=O) groups is 3. The lowest BCUT2D eigenvalue weighted by Gasteiger charge is -2.43. The van der Waals surface area contributed by atoms with E-state index >= 15 is 0 Å². The van der Waals surface area contributed by atoms with Gasteiger partial charge in [-0.2, -0.15) is 0 Å². The molecule has 2 unspecified atom stereocenters. The summed E-state index contributed by atoms with van der Waals surface area (Å²) in [7, 11) is -0.992. The monoisotopic (exact) mass is 450 g/mol. The van der Waals surface area contributed by atoms with E-state index in [1.165, 1.54) is 26.2 Å². The van der Waals surface area contributed by atoms with Gasteiger partial charge in [0.1, 0.15) is 17.0 Å². The van der Waals surface area contributed by atoms with Crippen LogP contribution in [0, 0.1) is 11.3 Å². The van der Waals surface area contributed by atoms with E-state index in [1.807, 2.05) is 0 Å². The topological polar surface area (TPSA) is 116 Å². The zero-order valence-electron chi connectivity index (χ0n) is 18.6. The predicted molar refractivity (Wildman–Crippen MR) is 116 cm³/mol. The van der Waals surface area contributed by atoms with Crippen molar-refractivity contribution in [2.75, 3.05) is 26.0 Å². The average Bonchev–Trinajstić information content (AvgIpc) is 2.83. The van der Waals surface area contributed by atoms with E-state index in [1.54, 1.807) is 12.1 Å².